The minimum atomic E-state index is -3.15. The molecule has 0 aliphatic heterocycles. The number of amides is 1. The summed E-state index contributed by atoms with van der Waals surface area (Å²) >= 11 is 1.66. The zero-order valence-corrected chi connectivity index (χ0v) is 15.8. The van der Waals surface area contributed by atoms with Crippen LogP contribution in [0.15, 0.2) is 29.2 Å². The topological polar surface area (TPSA) is 66.5 Å². The van der Waals surface area contributed by atoms with E-state index in [9.17, 15) is 13.2 Å². The summed E-state index contributed by atoms with van der Waals surface area (Å²) < 4.78 is 24.6. The van der Waals surface area contributed by atoms with Crippen molar-refractivity contribution in [1.82, 2.24) is 9.62 Å². The van der Waals surface area contributed by atoms with Gasteiger partial charge < -0.3 is 5.32 Å². The first-order valence-electron chi connectivity index (χ1n) is 7.75. The van der Waals surface area contributed by atoms with E-state index < -0.39 is 10.0 Å². The van der Waals surface area contributed by atoms with Crippen molar-refractivity contribution >= 4 is 27.7 Å². The van der Waals surface area contributed by atoms with Gasteiger partial charge in [-0.1, -0.05) is 26.0 Å². The largest absolute Gasteiger partial charge is 0.352 e. The number of nitrogens with zero attached hydrogens (tertiary/aromatic N) is 1. The highest BCUT2D eigenvalue weighted by Gasteiger charge is 2.15. The van der Waals surface area contributed by atoms with Gasteiger partial charge in [-0.05, 0) is 25.5 Å². The van der Waals surface area contributed by atoms with Gasteiger partial charge in [0.2, 0.25) is 10.0 Å². The Balaban J connectivity index is 2.52. The van der Waals surface area contributed by atoms with Gasteiger partial charge >= 0.3 is 0 Å². The average molecular weight is 359 g/mol. The van der Waals surface area contributed by atoms with E-state index in [1.54, 1.807) is 25.7 Å². The summed E-state index contributed by atoms with van der Waals surface area (Å²) in [4.78, 5) is 13.3. The summed E-state index contributed by atoms with van der Waals surface area (Å²) in [5, 5.41) is 3.26. The summed E-state index contributed by atoms with van der Waals surface area (Å²) in [5.74, 6) is -0.0231. The van der Waals surface area contributed by atoms with Crippen LogP contribution in [0.2, 0.25) is 0 Å². The van der Waals surface area contributed by atoms with Gasteiger partial charge in [-0.15, -0.1) is 11.8 Å². The van der Waals surface area contributed by atoms with E-state index in [0.717, 1.165) is 4.90 Å². The standard InChI is InChI=1S/C16H26N2O3S2/c1-5-23(20,21)18(4)12-8-11-17-16(19)14-9-6-7-10-15(14)22-13(2)3/h6-7,9-10,13H,5,8,11-12H2,1-4H3,(H,17,19). The highest BCUT2D eigenvalue weighted by Crippen LogP contribution is 2.26. The molecule has 0 aromatic heterocycles. The van der Waals surface area contributed by atoms with E-state index in [1.165, 1.54) is 4.31 Å². The first-order chi connectivity index (χ1) is 10.8. The monoisotopic (exact) mass is 358 g/mol. The molecule has 7 heteroatoms. The van der Waals surface area contributed by atoms with E-state index in [-0.39, 0.29) is 11.7 Å². The highest BCUT2D eigenvalue weighted by molar-refractivity contribution is 8.00. The molecule has 0 aliphatic rings. The van der Waals surface area contributed by atoms with E-state index in [4.69, 9.17) is 0 Å². The number of rotatable bonds is 9. The Morgan fingerprint density at radius 2 is 1.96 bits per heavy atom. The molecule has 0 unspecified atom stereocenters. The molecular formula is C16H26N2O3S2. The van der Waals surface area contributed by atoms with E-state index >= 15 is 0 Å². The molecule has 0 fully saturated rings. The SMILES string of the molecule is CCS(=O)(=O)N(C)CCCNC(=O)c1ccccc1SC(C)C. The Morgan fingerprint density at radius 3 is 2.57 bits per heavy atom. The second-order valence-corrected chi connectivity index (χ2v) is 9.48. The van der Waals surface area contributed by atoms with Gasteiger partial charge in [0, 0.05) is 30.3 Å². The summed E-state index contributed by atoms with van der Waals surface area (Å²) in [7, 11) is -1.59. The van der Waals surface area contributed by atoms with Crippen LogP contribution in [0.5, 0.6) is 0 Å². The second kappa shape index (κ2) is 9.30. The van der Waals surface area contributed by atoms with Crippen LogP contribution in [-0.4, -0.2) is 49.8 Å². The van der Waals surface area contributed by atoms with Crippen molar-refractivity contribution in [1.29, 1.82) is 0 Å². The van der Waals surface area contributed by atoms with Crippen LogP contribution in [0.4, 0.5) is 0 Å². The second-order valence-electron chi connectivity index (χ2n) is 5.49. The molecule has 1 N–H and O–H groups in total. The van der Waals surface area contributed by atoms with Crippen LogP contribution in [-0.2, 0) is 10.0 Å². The molecule has 0 radical (unpaired) electrons. The summed E-state index contributed by atoms with van der Waals surface area (Å²) in [6.45, 7) is 6.64. The fraction of sp³-hybridized carbons (Fsp3) is 0.562. The summed E-state index contributed by atoms with van der Waals surface area (Å²) in [6, 6.07) is 7.53. The quantitative estimate of drug-likeness (QED) is 0.544. The van der Waals surface area contributed by atoms with Gasteiger partial charge in [-0.2, -0.15) is 0 Å². The van der Waals surface area contributed by atoms with Gasteiger partial charge in [0.15, 0.2) is 0 Å². The van der Waals surface area contributed by atoms with Crippen LogP contribution >= 0.6 is 11.8 Å². The maximum atomic E-state index is 12.3. The predicted molar refractivity (Wildman–Crippen MR) is 96.5 cm³/mol. The first kappa shape index (κ1) is 20.0. The summed E-state index contributed by atoms with van der Waals surface area (Å²) in [6.07, 6.45) is 0.584. The molecule has 0 aliphatic carbocycles. The zero-order chi connectivity index (χ0) is 17.5. The lowest BCUT2D eigenvalue weighted by atomic mass is 10.2. The number of carbonyl (C=O) groups excluding carboxylic acids is 1. The number of nitrogens with one attached hydrogen (secondary N) is 1. The molecule has 23 heavy (non-hydrogen) atoms. The fourth-order valence-electron chi connectivity index (χ4n) is 1.97. The maximum absolute atomic E-state index is 12.3. The number of hydrogen-bond donors (Lipinski definition) is 1. The Hall–Kier alpha value is -1.05. The lowest BCUT2D eigenvalue weighted by molar-refractivity contribution is 0.0950. The third-order valence-electron chi connectivity index (χ3n) is 3.27. The molecule has 0 heterocycles. The number of sulfonamides is 1. The van der Waals surface area contributed by atoms with Crippen molar-refractivity contribution in [2.24, 2.45) is 0 Å². The Labute approximate surface area is 143 Å². The molecule has 1 aromatic rings. The third-order valence-corrected chi connectivity index (χ3v) is 6.21. The number of carbonyl (C=O) groups is 1. The minimum absolute atomic E-state index is 0.0929. The lowest BCUT2D eigenvalue weighted by Crippen LogP contribution is -2.32. The van der Waals surface area contributed by atoms with Crippen LogP contribution in [0.1, 0.15) is 37.6 Å². The van der Waals surface area contributed by atoms with Crippen molar-refractivity contribution in [2.75, 3.05) is 25.9 Å². The van der Waals surface area contributed by atoms with Crippen molar-refractivity contribution in [2.45, 2.75) is 37.3 Å². The van der Waals surface area contributed by atoms with Crippen molar-refractivity contribution in [3.63, 3.8) is 0 Å². The van der Waals surface area contributed by atoms with Crippen LogP contribution in [0, 0.1) is 0 Å². The first-order valence-corrected chi connectivity index (χ1v) is 10.2. The van der Waals surface area contributed by atoms with Crippen LogP contribution in [0.3, 0.4) is 0 Å². The fourth-order valence-corrected chi connectivity index (χ4v) is 3.77. The molecule has 1 amide bonds. The Bertz CT molecular complexity index is 616. The normalized spacial score (nSPS) is 11.9. The molecule has 1 rings (SSSR count). The van der Waals surface area contributed by atoms with E-state index in [1.807, 2.05) is 24.3 Å². The smallest absolute Gasteiger partial charge is 0.252 e. The number of hydrogen-bond acceptors (Lipinski definition) is 4. The highest BCUT2D eigenvalue weighted by atomic mass is 32.2. The van der Waals surface area contributed by atoms with Gasteiger partial charge in [0.1, 0.15) is 0 Å². The van der Waals surface area contributed by atoms with E-state index in [2.05, 4.69) is 19.2 Å². The lowest BCUT2D eigenvalue weighted by Gasteiger charge is -2.16. The van der Waals surface area contributed by atoms with Gasteiger partial charge in [-0.25, -0.2) is 12.7 Å². The third kappa shape index (κ3) is 6.53. The average Bonchev–Trinajstić information content (AvgIpc) is 2.51. The van der Waals surface area contributed by atoms with E-state index in [0.29, 0.717) is 30.3 Å². The molecule has 130 valence electrons. The molecule has 0 spiro atoms. The number of benzene rings is 1. The minimum Gasteiger partial charge on any atom is -0.352 e. The van der Waals surface area contributed by atoms with Crippen molar-refractivity contribution in [3.8, 4) is 0 Å². The van der Waals surface area contributed by atoms with Crippen molar-refractivity contribution < 1.29 is 13.2 Å². The Kier molecular flexibility index (Phi) is 8.08. The molecule has 0 atom stereocenters. The van der Waals surface area contributed by atoms with Gasteiger partial charge in [0.25, 0.3) is 5.91 Å². The van der Waals surface area contributed by atoms with Gasteiger partial charge in [0.05, 0.1) is 11.3 Å². The molecule has 0 saturated carbocycles. The summed E-state index contributed by atoms with van der Waals surface area (Å²) in [5.41, 5.74) is 0.667. The molecule has 0 bridgehead atoms. The van der Waals surface area contributed by atoms with Crippen LogP contribution in [0.25, 0.3) is 0 Å². The molecule has 1 aromatic carbocycles. The zero-order valence-electron chi connectivity index (χ0n) is 14.2. The predicted octanol–water partition coefficient (Wildman–Crippen LogP) is 2.59. The maximum Gasteiger partial charge on any atom is 0.252 e. The number of thioether (sulfide) groups is 1. The Morgan fingerprint density at radius 1 is 1.30 bits per heavy atom. The molecular weight excluding hydrogens is 332 g/mol. The van der Waals surface area contributed by atoms with Crippen LogP contribution < -0.4 is 5.32 Å². The van der Waals surface area contributed by atoms with Gasteiger partial charge in [-0.3, -0.25) is 4.79 Å². The molecule has 5 nitrogen and oxygen atoms in total. The van der Waals surface area contributed by atoms with Crippen molar-refractivity contribution in [3.05, 3.63) is 29.8 Å². The molecule has 0 saturated heterocycles.